The molecule has 2 aromatic carbocycles. The van der Waals surface area contributed by atoms with Gasteiger partial charge in [-0.25, -0.2) is 19.6 Å². The van der Waals surface area contributed by atoms with Crippen LogP contribution in [0.4, 0.5) is 23.8 Å². The molecule has 27 heteroatoms. The normalized spacial score (nSPS) is 23.1. The van der Waals surface area contributed by atoms with Crippen molar-refractivity contribution in [1.82, 2.24) is 40.2 Å². The Morgan fingerprint density at radius 2 is 1.01 bits per heavy atom. The van der Waals surface area contributed by atoms with E-state index in [0.29, 0.717) is 46.3 Å². The van der Waals surface area contributed by atoms with E-state index in [0.717, 1.165) is 75.0 Å². The fourth-order valence-corrected chi connectivity index (χ4v) is 14.2. The molecule has 2 aromatic heterocycles. The lowest BCUT2D eigenvalue weighted by atomic mass is 9.98. The van der Waals surface area contributed by atoms with Crippen molar-refractivity contribution in [2.45, 2.75) is 115 Å². The third-order valence-corrected chi connectivity index (χ3v) is 19.4. The van der Waals surface area contributed by atoms with E-state index >= 15 is 0 Å². The Morgan fingerprint density at radius 3 is 1.35 bits per heavy atom. The molecular formula is C67H90F2N10O13S2. The van der Waals surface area contributed by atoms with Gasteiger partial charge in [0.1, 0.15) is 54.4 Å². The fraction of sp³-hybridized carbons (Fsp3) is 0.597. The van der Waals surface area contributed by atoms with Gasteiger partial charge in [0.05, 0.1) is 29.6 Å². The van der Waals surface area contributed by atoms with Crippen molar-refractivity contribution in [3.63, 3.8) is 0 Å². The van der Waals surface area contributed by atoms with Crippen LogP contribution in [-0.2, 0) is 42.7 Å². The van der Waals surface area contributed by atoms with Crippen LogP contribution in [0.5, 0.6) is 0 Å². The molecule has 6 aliphatic heterocycles. The van der Waals surface area contributed by atoms with Crippen molar-refractivity contribution >= 4 is 62.7 Å². The maximum absolute atomic E-state index is 14.9. The van der Waals surface area contributed by atoms with E-state index in [-0.39, 0.29) is 88.6 Å². The average molecular weight is 1350 g/mol. The summed E-state index contributed by atoms with van der Waals surface area (Å²) in [5, 5.41) is 15.2. The summed E-state index contributed by atoms with van der Waals surface area (Å²) in [5.74, 6) is 0.986. The van der Waals surface area contributed by atoms with Gasteiger partial charge in [-0.15, -0.1) is 12.8 Å². The van der Waals surface area contributed by atoms with Gasteiger partial charge >= 0.3 is 12.1 Å². The van der Waals surface area contributed by atoms with Crippen LogP contribution in [0.3, 0.4) is 0 Å². The Balaban J connectivity index is 0.000000193. The van der Waals surface area contributed by atoms with E-state index in [1.165, 1.54) is 40.6 Å². The zero-order chi connectivity index (χ0) is 68.6. The summed E-state index contributed by atoms with van der Waals surface area (Å²) in [5.41, 5.74) is 1.61. The van der Waals surface area contributed by atoms with Gasteiger partial charge in [-0.3, -0.25) is 14.4 Å². The number of hydrogen-bond donors (Lipinski definition) is 3. The van der Waals surface area contributed by atoms with Gasteiger partial charge in [0, 0.05) is 111 Å². The lowest BCUT2D eigenvalue weighted by molar-refractivity contribution is -0.227. The second-order valence-corrected chi connectivity index (χ2v) is 28.0. The highest BCUT2D eigenvalue weighted by atomic mass is 32.1. The Kier molecular flexibility index (Phi) is 24.3. The van der Waals surface area contributed by atoms with Gasteiger partial charge in [0.2, 0.25) is 33.7 Å². The molecule has 4 amide bonds. The number of nitrogens with one attached hydrogen (secondary N) is 2. The lowest BCUT2D eigenvalue weighted by Crippen LogP contribution is -2.59. The number of likely N-dealkylation sites (tertiary alicyclic amines) is 2. The van der Waals surface area contributed by atoms with E-state index in [2.05, 4.69) is 66.1 Å². The fourth-order valence-electron chi connectivity index (χ4n) is 12.5. The van der Waals surface area contributed by atoms with Crippen molar-refractivity contribution in [2.75, 3.05) is 131 Å². The molecule has 0 spiro atoms. The van der Waals surface area contributed by atoms with Gasteiger partial charge in [-0.1, -0.05) is 86.5 Å². The molecule has 94 heavy (non-hydrogen) atoms. The molecule has 0 unspecified atom stereocenters. The minimum absolute atomic E-state index is 0.120. The summed E-state index contributed by atoms with van der Waals surface area (Å²) in [7, 11) is 10.2. The Labute approximate surface area is 558 Å². The number of rotatable bonds is 18. The number of benzene rings is 2. The maximum atomic E-state index is 14.9. The number of carbonyl (C=O) groups is 5. The number of aromatic carboxylic acids is 1. The molecule has 0 bridgehead atoms. The van der Waals surface area contributed by atoms with Crippen LogP contribution < -0.4 is 20.4 Å². The zero-order valence-corrected chi connectivity index (χ0v) is 57.6. The largest absolute Gasteiger partial charge is 0.478 e. The molecule has 6 aliphatic rings. The molecule has 512 valence electrons. The van der Waals surface area contributed by atoms with E-state index < -0.39 is 65.4 Å². The summed E-state index contributed by atoms with van der Waals surface area (Å²) >= 11 is 2.08. The average Bonchev–Trinajstić information content (AvgIpc) is 1.57. The first-order valence-electron chi connectivity index (χ1n) is 31.5. The number of thiazole rings is 2. The molecule has 8 heterocycles. The van der Waals surface area contributed by atoms with Crippen LogP contribution in [0, 0.1) is 58.6 Å². The highest BCUT2D eigenvalue weighted by molar-refractivity contribution is 7.14. The number of alkyl carbamates (subject to hydrolysis) is 1. The number of carboxylic acids is 1. The van der Waals surface area contributed by atoms with Crippen molar-refractivity contribution in [2.24, 2.45) is 23.7 Å². The van der Waals surface area contributed by atoms with Crippen LogP contribution in [0.2, 0.25) is 0 Å². The number of ether oxygens (including phenoxy) is 7. The first kappa shape index (κ1) is 72.9. The summed E-state index contributed by atoms with van der Waals surface area (Å²) in [6.45, 7) is 21.1. The molecular weight excluding hydrogens is 1250 g/mol. The number of nitrogens with zero attached hydrogens (tertiary/aromatic N) is 8. The van der Waals surface area contributed by atoms with Crippen molar-refractivity contribution in [3.05, 3.63) is 69.9 Å². The van der Waals surface area contributed by atoms with Gasteiger partial charge in [0.15, 0.2) is 10.3 Å². The lowest BCUT2D eigenvalue weighted by Gasteiger charge is -2.37. The summed E-state index contributed by atoms with van der Waals surface area (Å²) in [4.78, 5) is 85.1. The highest BCUT2D eigenvalue weighted by Gasteiger charge is 2.63. The van der Waals surface area contributed by atoms with E-state index in [9.17, 15) is 32.8 Å². The van der Waals surface area contributed by atoms with Gasteiger partial charge in [-0.05, 0) is 83.8 Å². The standard InChI is InChI=1S/C31H40FN5O5S.C21H34N2O6.C15H16FN3O2S/c1-7-20-17-37(26-25(20)42-18-31(26,40-5)41-6)29(39)23(16-19(2)3)33-28(38)22-10-8-21(9-11-22)24-27(32)43-30(34-24)36-14-12-35(4)13-15-36;1-9-14-11-23(17-16(14)28-12-21(17,26-7)27-8)18(24)15(10-13(2)3)22-19(25)29-20(4,5)6;1-18-6-8-19(9-7-18)15-17-12(13(16)22-15)10-2-4-11(5-3-10)14(20)21/h1,8-11,19-20,23,25-26H,12-18H2,2-6H3,(H,33,38);1,13-17H,10-12H2,2-8H3,(H,22,25);2-5H,6-9H2,1H3,(H,20,21)/t20-,23+,25-,26+;14-,15+,16-,17+;/m11./s1. The number of piperazine rings is 2. The molecule has 4 aromatic rings. The molecule has 0 radical (unpaired) electrons. The van der Waals surface area contributed by atoms with Gasteiger partial charge < -0.3 is 78.3 Å². The van der Waals surface area contributed by atoms with E-state index in [1.54, 1.807) is 67.0 Å². The second-order valence-electron chi connectivity index (χ2n) is 26.2. The smallest absolute Gasteiger partial charge is 0.408 e. The minimum Gasteiger partial charge on any atom is -0.478 e. The number of aromatic nitrogens is 2. The monoisotopic (exact) mass is 1340 g/mol. The number of fused-ring (bicyclic) bond motifs is 2. The summed E-state index contributed by atoms with van der Waals surface area (Å²) in [6, 6.07) is 10.1. The second kappa shape index (κ2) is 31.3. The van der Waals surface area contributed by atoms with Crippen molar-refractivity contribution in [1.29, 1.82) is 0 Å². The van der Waals surface area contributed by atoms with Crippen LogP contribution >= 0.6 is 22.7 Å². The Morgan fingerprint density at radius 1 is 0.638 bits per heavy atom. The molecule has 10 rings (SSSR count). The predicted molar refractivity (Wildman–Crippen MR) is 353 cm³/mol. The number of anilines is 2. The topological polar surface area (TPSA) is 239 Å². The molecule has 6 fully saturated rings. The maximum Gasteiger partial charge on any atom is 0.408 e. The number of halogens is 2. The Bertz CT molecular complexity index is 3350. The minimum atomic E-state index is -1.15. The molecule has 8 atom stereocenters. The summed E-state index contributed by atoms with van der Waals surface area (Å²) in [6.07, 6.45) is 10.9. The van der Waals surface area contributed by atoms with Crippen LogP contribution in [0.25, 0.3) is 22.5 Å². The SMILES string of the molecule is C#C[C@@H]1CN(C(=O)[C@H](CC(C)C)NC(=O)OC(C)(C)C)[C@H]2[C@@H]1OCC2(OC)OC.C#C[C@@H]1CN(C(=O)[C@H](CC(C)C)NC(=O)c2ccc(-c3nc(N4CCN(C)CC4)sc3F)cc2)[C@H]2[C@@H]1OCC2(OC)OC.CN1CCN(c2nc(-c3ccc(C(=O)O)cc3)c(F)s2)CC1. The number of likely N-dealkylation sites (N-methyl/N-ethyl adjacent to an activating group) is 2. The third-order valence-electron chi connectivity index (χ3n) is 17.6. The van der Waals surface area contributed by atoms with Crippen LogP contribution in [0.15, 0.2) is 48.5 Å². The van der Waals surface area contributed by atoms with Crippen molar-refractivity contribution < 1.29 is 71.0 Å². The first-order chi connectivity index (χ1) is 44.6. The number of carbonyl (C=O) groups excluding carboxylic acids is 4. The van der Waals surface area contributed by atoms with E-state index in [1.807, 2.05) is 27.7 Å². The number of terminal acetylenes is 2. The van der Waals surface area contributed by atoms with Crippen molar-refractivity contribution in [3.8, 4) is 47.2 Å². The number of amides is 4. The summed E-state index contributed by atoms with van der Waals surface area (Å²) < 4.78 is 69.0. The van der Waals surface area contributed by atoms with Gasteiger partial charge in [0.25, 0.3) is 5.91 Å². The van der Waals surface area contributed by atoms with Gasteiger partial charge in [-0.2, -0.15) is 8.78 Å². The van der Waals surface area contributed by atoms with Crippen LogP contribution in [-0.4, -0.2) is 239 Å². The van der Waals surface area contributed by atoms with E-state index in [4.69, 9.17) is 51.1 Å². The molecule has 6 saturated heterocycles. The highest BCUT2D eigenvalue weighted by Crippen LogP contribution is 2.44. The zero-order valence-electron chi connectivity index (χ0n) is 55.9. The third kappa shape index (κ3) is 16.7. The first-order valence-corrected chi connectivity index (χ1v) is 33.2. The molecule has 0 aliphatic carbocycles. The quantitative estimate of drug-likeness (QED) is 0.0680. The van der Waals surface area contributed by atoms with Crippen LogP contribution in [0.1, 0.15) is 82.0 Å². The molecule has 3 N–H and O–H groups in total. The number of methoxy groups -OCH3 is 4. The molecule has 23 nitrogen and oxygen atoms in total. The Hall–Kier alpha value is -6.89. The predicted octanol–water partition coefficient (Wildman–Crippen LogP) is 6.87. The molecule has 0 saturated carbocycles. The number of carboxylic acid groups (broad SMARTS) is 1. The number of hydrogen-bond acceptors (Lipinski definition) is 20.